The molecule has 2 aromatic carbocycles. The minimum absolute atomic E-state index is 0.0347. The third-order valence-corrected chi connectivity index (χ3v) is 5.62. The number of rotatable bonds is 2. The first-order valence-corrected chi connectivity index (χ1v) is 9.15. The second-order valence-corrected chi connectivity index (χ2v) is 8.44. The van der Waals surface area contributed by atoms with Crippen LogP contribution in [0.2, 0.25) is 0 Å². The van der Waals surface area contributed by atoms with E-state index in [2.05, 4.69) is 57.7 Å². The Hall–Kier alpha value is -2.04. The molecule has 130 valence electrons. The van der Waals surface area contributed by atoms with E-state index in [1.807, 2.05) is 24.3 Å². The van der Waals surface area contributed by atoms with Crippen LogP contribution in [0, 0.1) is 11.8 Å². The van der Waals surface area contributed by atoms with Gasteiger partial charge in [-0.3, -0.25) is 0 Å². The molecule has 3 rings (SSSR count). The second kappa shape index (κ2) is 6.70. The molecule has 2 aromatic rings. The Morgan fingerprint density at radius 2 is 1.60 bits per heavy atom. The molecule has 0 fully saturated rings. The normalized spacial score (nSPS) is 17.3. The van der Waals surface area contributed by atoms with Gasteiger partial charge in [-0.1, -0.05) is 75.9 Å². The van der Waals surface area contributed by atoms with Gasteiger partial charge in [0.1, 0.15) is 0 Å². The lowest BCUT2D eigenvalue weighted by molar-refractivity contribution is 0.281. The molecule has 1 N–H and O–H groups in total. The van der Waals surface area contributed by atoms with Gasteiger partial charge in [0.25, 0.3) is 0 Å². The topological polar surface area (TPSA) is 20.2 Å². The van der Waals surface area contributed by atoms with Crippen molar-refractivity contribution in [1.82, 2.24) is 0 Å². The van der Waals surface area contributed by atoms with Gasteiger partial charge in [0, 0.05) is 12.0 Å². The van der Waals surface area contributed by atoms with Crippen molar-refractivity contribution in [2.24, 2.45) is 0 Å². The molecule has 0 spiro atoms. The molecule has 0 amide bonds. The first-order valence-electron chi connectivity index (χ1n) is 9.15. The van der Waals surface area contributed by atoms with E-state index in [0.29, 0.717) is 0 Å². The van der Waals surface area contributed by atoms with Crippen molar-refractivity contribution in [3.05, 3.63) is 70.3 Å². The van der Waals surface area contributed by atoms with Gasteiger partial charge in [-0.05, 0) is 52.0 Å². The van der Waals surface area contributed by atoms with Gasteiger partial charge in [0.05, 0.1) is 6.61 Å². The average Bonchev–Trinajstić information content (AvgIpc) is 2.59. The number of aliphatic hydroxyl groups excluding tert-OH is 1. The van der Waals surface area contributed by atoms with Crippen molar-refractivity contribution in [3.63, 3.8) is 0 Å². The summed E-state index contributed by atoms with van der Waals surface area (Å²) in [6, 6.07) is 14.7. The third-order valence-electron chi connectivity index (χ3n) is 5.62. The van der Waals surface area contributed by atoms with Crippen LogP contribution in [-0.2, 0) is 23.9 Å². The number of hydrogen-bond acceptors (Lipinski definition) is 1. The Bertz CT molecular complexity index is 831. The molecule has 0 aliphatic heterocycles. The number of hydrogen-bond donors (Lipinski definition) is 1. The highest BCUT2D eigenvalue weighted by molar-refractivity contribution is 5.45. The van der Waals surface area contributed by atoms with E-state index in [9.17, 15) is 5.11 Å². The minimum Gasteiger partial charge on any atom is -0.392 e. The highest BCUT2D eigenvalue weighted by atomic mass is 16.3. The predicted molar refractivity (Wildman–Crippen MR) is 105 cm³/mol. The van der Waals surface area contributed by atoms with E-state index in [1.165, 1.54) is 29.5 Å². The van der Waals surface area contributed by atoms with Crippen molar-refractivity contribution in [3.8, 4) is 11.8 Å². The molecule has 0 aromatic heterocycles. The van der Waals surface area contributed by atoms with E-state index >= 15 is 0 Å². The van der Waals surface area contributed by atoms with Crippen molar-refractivity contribution < 1.29 is 5.11 Å². The Morgan fingerprint density at radius 1 is 0.920 bits per heavy atom. The van der Waals surface area contributed by atoms with Gasteiger partial charge in [-0.15, -0.1) is 0 Å². The summed E-state index contributed by atoms with van der Waals surface area (Å²) in [4.78, 5) is 0. The second-order valence-electron chi connectivity index (χ2n) is 8.44. The van der Waals surface area contributed by atoms with Crippen LogP contribution < -0.4 is 0 Å². The Kier molecular flexibility index (Phi) is 4.76. The fraction of sp³-hybridized carbons (Fsp3) is 0.417. The van der Waals surface area contributed by atoms with Gasteiger partial charge >= 0.3 is 0 Å². The van der Waals surface area contributed by atoms with Crippen LogP contribution in [0.4, 0.5) is 0 Å². The smallest absolute Gasteiger partial charge is 0.0694 e. The van der Waals surface area contributed by atoms with Crippen LogP contribution in [0.5, 0.6) is 0 Å². The van der Waals surface area contributed by atoms with Gasteiger partial charge in [-0.25, -0.2) is 0 Å². The zero-order valence-corrected chi connectivity index (χ0v) is 15.8. The SMILES string of the molecule is CC1(C)CCC(C)(C)c2cc(CC#Cc3ccccc3CO)ccc21. The van der Waals surface area contributed by atoms with Crippen molar-refractivity contribution in [2.45, 2.75) is 64.4 Å². The lowest BCUT2D eigenvalue weighted by atomic mass is 9.63. The predicted octanol–water partition coefficient (Wildman–Crippen LogP) is 5.12. The summed E-state index contributed by atoms with van der Waals surface area (Å²) in [6.07, 6.45) is 3.21. The molecule has 0 saturated carbocycles. The summed E-state index contributed by atoms with van der Waals surface area (Å²) in [5.41, 5.74) is 6.56. The molecule has 0 unspecified atom stereocenters. The zero-order chi connectivity index (χ0) is 18.1. The first-order chi connectivity index (χ1) is 11.8. The Balaban J connectivity index is 1.88. The maximum Gasteiger partial charge on any atom is 0.0694 e. The molecule has 0 radical (unpaired) electrons. The summed E-state index contributed by atoms with van der Waals surface area (Å²) in [6.45, 7) is 9.45. The largest absolute Gasteiger partial charge is 0.392 e. The van der Waals surface area contributed by atoms with Crippen molar-refractivity contribution >= 4 is 0 Å². The van der Waals surface area contributed by atoms with Crippen molar-refractivity contribution in [1.29, 1.82) is 0 Å². The molecule has 1 aliphatic rings. The van der Waals surface area contributed by atoms with E-state index in [1.54, 1.807) is 0 Å². The fourth-order valence-electron chi connectivity index (χ4n) is 3.77. The van der Waals surface area contributed by atoms with Crippen LogP contribution in [0.25, 0.3) is 0 Å². The average molecular weight is 332 g/mol. The zero-order valence-electron chi connectivity index (χ0n) is 15.8. The van der Waals surface area contributed by atoms with Gasteiger partial charge < -0.3 is 5.11 Å². The Morgan fingerprint density at radius 3 is 2.32 bits per heavy atom. The maximum atomic E-state index is 9.41. The molecule has 0 atom stereocenters. The molecular weight excluding hydrogens is 304 g/mol. The van der Waals surface area contributed by atoms with E-state index in [-0.39, 0.29) is 17.4 Å². The van der Waals surface area contributed by atoms with Crippen LogP contribution >= 0.6 is 0 Å². The van der Waals surface area contributed by atoms with E-state index < -0.39 is 0 Å². The number of fused-ring (bicyclic) bond motifs is 1. The highest BCUT2D eigenvalue weighted by Crippen LogP contribution is 2.45. The van der Waals surface area contributed by atoms with Crippen LogP contribution in [0.1, 0.15) is 68.4 Å². The summed E-state index contributed by atoms with van der Waals surface area (Å²) in [5, 5.41) is 9.41. The summed E-state index contributed by atoms with van der Waals surface area (Å²) >= 11 is 0. The Labute approximate surface area is 152 Å². The van der Waals surface area contributed by atoms with E-state index in [0.717, 1.165) is 17.5 Å². The van der Waals surface area contributed by atoms with Gasteiger partial charge in [0.15, 0.2) is 0 Å². The molecule has 1 nitrogen and oxygen atoms in total. The number of aliphatic hydroxyl groups is 1. The fourth-order valence-corrected chi connectivity index (χ4v) is 3.77. The lowest BCUT2D eigenvalue weighted by Gasteiger charge is -2.42. The van der Waals surface area contributed by atoms with Crippen molar-refractivity contribution in [2.75, 3.05) is 0 Å². The maximum absolute atomic E-state index is 9.41. The number of benzene rings is 2. The lowest BCUT2D eigenvalue weighted by Crippen LogP contribution is -2.33. The molecule has 1 aliphatic carbocycles. The quantitative estimate of drug-likeness (QED) is 0.757. The molecule has 25 heavy (non-hydrogen) atoms. The molecule has 1 heteroatoms. The minimum atomic E-state index is 0.0347. The highest BCUT2D eigenvalue weighted by Gasteiger charge is 2.36. The van der Waals surface area contributed by atoms with E-state index in [4.69, 9.17) is 0 Å². The standard InChI is InChI=1S/C24H28O/c1-23(2)14-15-24(3,4)22-16-18(12-13-21(22)23)8-7-11-19-9-5-6-10-20(19)17-25/h5-6,9-10,12-13,16,25H,8,14-15,17H2,1-4H3. The summed E-state index contributed by atoms with van der Waals surface area (Å²) < 4.78 is 0. The molecule has 0 bridgehead atoms. The van der Waals surface area contributed by atoms with Crippen LogP contribution in [0.15, 0.2) is 42.5 Å². The van der Waals surface area contributed by atoms with Crippen LogP contribution in [-0.4, -0.2) is 5.11 Å². The molecular formula is C24H28O. The summed E-state index contributed by atoms with van der Waals surface area (Å²) in [7, 11) is 0. The van der Waals surface area contributed by atoms with Crippen LogP contribution in [0.3, 0.4) is 0 Å². The molecule has 0 heterocycles. The molecule has 0 saturated heterocycles. The first kappa shape index (κ1) is 17.8. The monoisotopic (exact) mass is 332 g/mol. The van der Waals surface area contributed by atoms with Gasteiger partial charge in [-0.2, -0.15) is 0 Å². The summed E-state index contributed by atoms with van der Waals surface area (Å²) in [5.74, 6) is 6.51. The third kappa shape index (κ3) is 3.65. The van der Waals surface area contributed by atoms with Gasteiger partial charge in [0.2, 0.25) is 0 Å².